The number of nitrogens with one attached hydrogen (secondary N) is 1. The van der Waals surface area contributed by atoms with Crippen molar-refractivity contribution in [2.45, 2.75) is 32.2 Å². The maximum Gasteiger partial charge on any atom is 0.261 e. The van der Waals surface area contributed by atoms with Crippen molar-refractivity contribution in [1.29, 1.82) is 0 Å². The number of hydrogen-bond acceptors (Lipinski definition) is 4. The van der Waals surface area contributed by atoms with Gasteiger partial charge in [0.05, 0.1) is 0 Å². The summed E-state index contributed by atoms with van der Waals surface area (Å²) in [6.45, 7) is 2.25. The molecular formula is C18H25N3O4. The van der Waals surface area contributed by atoms with Gasteiger partial charge in [0.2, 0.25) is 11.8 Å². The first-order chi connectivity index (χ1) is 11.9. The Morgan fingerprint density at radius 1 is 1.24 bits per heavy atom. The van der Waals surface area contributed by atoms with Gasteiger partial charge in [0, 0.05) is 32.7 Å². The quantitative estimate of drug-likeness (QED) is 0.846. The van der Waals surface area contributed by atoms with E-state index in [-0.39, 0.29) is 24.3 Å². The lowest BCUT2D eigenvalue weighted by Crippen LogP contribution is -2.46. The molecule has 3 amide bonds. The van der Waals surface area contributed by atoms with Crippen LogP contribution in [0.5, 0.6) is 5.75 Å². The smallest absolute Gasteiger partial charge is 0.261 e. The van der Waals surface area contributed by atoms with E-state index in [1.54, 1.807) is 50.2 Å². The van der Waals surface area contributed by atoms with E-state index in [2.05, 4.69) is 5.32 Å². The zero-order chi connectivity index (χ0) is 18.4. The summed E-state index contributed by atoms with van der Waals surface area (Å²) in [7, 11) is 3.39. The van der Waals surface area contributed by atoms with Crippen molar-refractivity contribution in [2.24, 2.45) is 0 Å². The number of anilines is 1. The highest BCUT2D eigenvalue weighted by atomic mass is 16.5. The minimum Gasteiger partial charge on any atom is -0.484 e. The van der Waals surface area contributed by atoms with Crippen LogP contribution in [-0.2, 0) is 14.4 Å². The second kappa shape index (κ2) is 8.50. The Kier molecular flexibility index (Phi) is 6.38. The Bertz CT molecular complexity index is 628. The molecule has 1 heterocycles. The molecule has 136 valence electrons. The van der Waals surface area contributed by atoms with Gasteiger partial charge in [-0.3, -0.25) is 14.4 Å². The summed E-state index contributed by atoms with van der Waals surface area (Å²) < 4.78 is 5.53. The third-order valence-corrected chi connectivity index (χ3v) is 4.12. The average molecular weight is 347 g/mol. The fourth-order valence-electron chi connectivity index (χ4n) is 2.73. The van der Waals surface area contributed by atoms with Gasteiger partial charge in [0.25, 0.3) is 5.91 Å². The molecule has 1 N–H and O–H groups in total. The van der Waals surface area contributed by atoms with Crippen LogP contribution in [0.1, 0.15) is 26.2 Å². The van der Waals surface area contributed by atoms with Crippen LogP contribution in [-0.4, -0.2) is 60.8 Å². The zero-order valence-corrected chi connectivity index (χ0v) is 14.9. The van der Waals surface area contributed by atoms with E-state index >= 15 is 0 Å². The molecule has 0 saturated carbocycles. The van der Waals surface area contributed by atoms with Crippen molar-refractivity contribution in [2.75, 3.05) is 32.6 Å². The van der Waals surface area contributed by atoms with E-state index in [0.717, 1.165) is 6.42 Å². The Morgan fingerprint density at radius 3 is 2.52 bits per heavy atom. The summed E-state index contributed by atoms with van der Waals surface area (Å²) in [5.41, 5.74) is 0.682. The molecule has 1 aromatic carbocycles. The van der Waals surface area contributed by atoms with Gasteiger partial charge >= 0.3 is 0 Å². The molecule has 1 fully saturated rings. The van der Waals surface area contributed by atoms with Crippen LogP contribution in [0, 0.1) is 0 Å². The SMILES string of the molecule is CCC(=O)Nc1ccc(OCC(=O)N2CCC[C@H]2C(=O)N(C)C)cc1. The number of benzene rings is 1. The second-order valence-electron chi connectivity index (χ2n) is 6.19. The van der Waals surface area contributed by atoms with Gasteiger partial charge in [0.1, 0.15) is 11.8 Å². The number of ether oxygens (including phenoxy) is 1. The molecule has 7 nitrogen and oxygen atoms in total. The van der Waals surface area contributed by atoms with Crippen LogP contribution < -0.4 is 10.1 Å². The number of amides is 3. The lowest BCUT2D eigenvalue weighted by molar-refractivity contribution is -0.143. The Labute approximate surface area is 147 Å². The molecule has 0 unspecified atom stereocenters. The summed E-state index contributed by atoms with van der Waals surface area (Å²) in [4.78, 5) is 39.0. The lowest BCUT2D eigenvalue weighted by atomic mass is 10.2. The Hall–Kier alpha value is -2.57. The first-order valence-electron chi connectivity index (χ1n) is 8.45. The zero-order valence-electron chi connectivity index (χ0n) is 14.9. The maximum absolute atomic E-state index is 12.4. The van der Waals surface area contributed by atoms with Gasteiger partial charge in [-0.2, -0.15) is 0 Å². The highest BCUT2D eigenvalue weighted by Crippen LogP contribution is 2.20. The van der Waals surface area contributed by atoms with Crippen molar-refractivity contribution in [3.63, 3.8) is 0 Å². The van der Waals surface area contributed by atoms with Crippen LogP contribution >= 0.6 is 0 Å². The molecule has 0 aliphatic carbocycles. The fraction of sp³-hybridized carbons (Fsp3) is 0.500. The largest absolute Gasteiger partial charge is 0.484 e. The molecule has 1 saturated heterocycles. The highest BCUT2D eigenvalue weighted by molar-refractivity contribution is 5.90. The van der Waals surface area contributed by atoms with Crippen molar-refractivity contribution in [3.05, 3.63) is 24.3 Å². The topological polar surface area (TPSA) is 79.0 Å². The number of likely N-dealkylation sites (N-methyl/N-ethyl adjacent to an activating group) is 1. The van der Waals surface area contributed by atoms with Gasteiger partial charge in [0.15, 0.2) is 6.61 Å². The highest BCUT2D eigenvalue weighted by Gasteiger charge is 2.34. The number of carbonyl (C=O) groups is 3. The van der Waals surface area contributed by atoms with Crippen LogP contribution in [0.25, 0.3) is 0 Å². The molecule has 7 heteroatoms. The summed E-state index contributed by atoms with van der Waals surface area (Å²) in [6, 6.07) is 6.46. The normalized spacial score (nSPS) is 16.4. The number of rotatable bonds is 6. The van der Waals surface area contributed by atoms with E-state index < -0.39 is 6.04 Å². The van der Waals surface area contributed by atoms with Crippen LogP contribution in [0.15, 0.2) is 24.3 Å². The molecule has 0 bridgehead atoms. The van der Waals surface area contributed by atoms with Crippen molar-refractivity contribution >= 4 is 23.4 Å². The predicted octanol–water partition coefficient (Wildman–Crippen LogP) is 1.49. The number of carbonyl (C=O) groups excluding carboxylic acids is 3. The van der Waals surface area contributed by atoms with Gasteiger partial charge in [-0.15, -0.1) is 0 Å². The summed E-state index contributed by atoms with van der Waals surface area (Å²) >= 11 is 0. The van der Waals surface area contributed by atoms with Crippen LogP contribution in [0.4, 0.5) is 5.69 Å². The van der Waals surface area contributed by atoms with E-state index in [1.807, 2.05) is 0 Å². The number of hydrogen-bond donors (Lipinski definition) is 1. The van der Waals surface area contributed by atoms with E-state index in [1.165, 1.54) is 4.90 Å². The third kappa shape index (κ3) is 4.95. The molecule has 0 aromatic heterocycles. The van der Waals surface area contributed by atoms with Gasteiger partial charge < -0.3 is 19.9 Å². The first-order valence-corrected chi connectivity index (χ1v) is 8.45. The summed E-state index contributed by atoms with van der Waals surface area (Å²) in [5.74, 6) is 0.231. The predicted molar refractivity (Wildman–Crippen MR) is 94.3 cm³/mol. The Morgan fingerprint density at radius 2 is 1.92 bits per heavy atom. The van der Waals surface area contributed by atoms with Crippen LogP contribution in [0.2, 0.25) is 0 Å². The van der Waals surface area contributed by atoms with E-state index in [0.29, 0.717) is 30.8 Å². The van der Waals surface area contributed by atoms with E-state index in [9.17, 15) is 14.4 Å². The van der Waals surface area contributed by atoms with Crippen molar-refractivity contribution in [3.8, 4) is 5.75 Å². The Balaban J connectivity index is 1.89. The molecule has 0 radical (unpaired) electrons. The minimum atomic E-state index is -0.391. The monoisotopic (exact) mass is 347 g/mol. The van der Waals surface area contributed by atoms with Gasteiger partial charge in [-0.1, -0.05) is 6.92 Å². The molecular weight excluding hydrogens is 322 g/mol. The first kappa shape index (κ1) is 18.8. The molecule has 0 spiro atoms. The summed E-state index contributed by atoms with van der Waals surface area (Å²) in [6.07, 6.45) is 1.92. The summed E-state index contributed by atoms with van der Waals surface area (Å²) in [5, 5.41) is 2.75. The minimum absolute atomic E-state index is 0.0538. The van der Waals surface area contributed by atoms with Gasteiger partial charge in [-0.25, -0.2) is 0 Å². The molecule has 1 aromatic rings. The second-order valence-corrected chi connectivity index (χ2v) is 6.19. The molecule has 2 rings (SSSR count). The number of likely N-dealkylation sites (tertiary alicyclic amines) is 1. The van der Waals surface area contributed by atoms with Gasteiger partial charge in [-0.05, 0) is 37.1 Å². The molecule has 1 atom stereocenters. The fourth-order valence-corrected chi connectivity index (χ4v) is 2.73. The lowest BCUT2D eigenvalue weighted by Gasteiger charge is -2.26. The number of nitrogens with zero attached hydrogens (tertiary/aromatic N) is 2. The average Bonchev–Trinajstić information content (AvgIpc) is 3.09. The van der Waals surface area contributed by atoms with Crippen molar-refractivity contribution < 1.29 is 19.1 Å². The van der Waals surface area contributed by atoms with Crippen LogP contribution in [0.3, 0.4) is 0 Å². The standard InChI is InChI=1S/C18H25N3O4/c1-4-16(22)19-13-7-9-14(10-8-13)25-12-17(23)21-11-5-6-15(21)18(24)20(2)3/h7-10,15H,4-6,11-12H2,1-3H3,(H,19,22)/t15-/m0/s1. The molecule has 1 aliphatic rings. The molecule has 1 aliphatic heterocycles. The van der Waals surface area contributed by atoms with Crippen molar-refractivity contribution in [1.82, 2.24) is 9.80 Å². The third-order valence-electron chi connectivity index (χ3n) is 4.12. The molecule has 25 heavy (non-hydrogen) atoms. The van der Waals surface area contributed by atoms with E-state index in [4.69, 9.17) is 4.74 Å². The maximum atomic E-state index is 12.4.